The summed E-state index contributed by atoms with van der Waals surface area (Å²) in [5.41, 5.74) is 3.95. The van der Waals surface area contributed by atoms with Crippen molar-refractivity contribution in [3.63, 3.8) is 0 Å². The summed E-state index contributed by atoms with van der Waals surface area (Å²) in [6.45, 7) is 1.91. The molecule has 0 spiro atoms. The van der Waals surface area contributed by atoms with Crippen LogP contribution in [0, 0.1) is 0 Å². The predicted octanol–water partition coefficient (Wildman–Crippen LogP) is 4.11. The summed E-state index contributed by atoms with van der Waals surface area (Å²) in [5, 5.41) is 10.6. The number of ether oxygens (including phenoxy) is 2. The van der Waals surface area contributed by atoms with Crippen LogP contribution in [0.15, 0.2) is 48.5 Å². The van der Waals surface area contributed by atoms with Crippen molar-refractivity contribution in [1.82, 2.24) is 4.90 Å². The van der Waals surface area contributed by atoms with Crippen molar-refractivity contribution in [1.29, 1.82) is 0 Å². The number of benzene rings is 2. The van der Waals surface area contributed by atoms with Gasteiger partial charge in [0.1, 0.15) is 5.75 Å². The molecule has 0 unspecified atom stereocenters. The molecule has 0 heterocycles. The zero-order valence-electron chi connectivity index (χ0n) is 16.7. The van der Waals surface area contributed by atoms with Crippen LogP contribution in [0.25, 0.3) is 0 Å². The highest BCUT2D eigenvalue weighted by Crippen LogP contribution is 2.33. The number of methoxy groups -OCH3 is 1. The number of aryl methyl sites for hydroxylation is 1. The lowest BCUT2D eigenvalue weighted by atomic mass is 9.89. The van der Waals surface area contributed by atoms with Gasteiger partial charge in [-0.25, -0.2) is 0 Å². The van der Waals surface area contributed by atoms with E-state index in [1.165, 1.54) is 29.5 Å². The number of fused-ring (bicyclic) bond motifs is 1. The molecule has 28 heavy (non-hydrogen) atoms. The predicted molar refractivity (Wildman–Crippen MR) is 111 cm³/mol. The third-order valence-electron chi connectivity index (χ3n) is 5.86. The Morgan fingerprint density at radius 3 is 2.61 bits per heavy atom. The first-order valence-corrected chi connectivity index (χ1v) is 10.5. The lowest BCUT2D eigenvalue weighted by Crippen LogP contribution is -2.36. The van der Waals surface area contributed by atoms with Gasteiger partial charge in [0.15, 0.2) is 0 Å². The smallest absolute Gasteiger partial charge is 0.118 e. The SMILES string of the molecule is COc1ccc(CN(C[C@@H](O)CO[C@H]2CCCc3ccccc32)C2CC2)cc1. The Morgan fingerprint density at radius 2 is 1.86 bits per heavy atom. The summed E-state index contributed by atoms with van der Waals surface area (Å²) in [7, 11) is 1.69. The van der Waals surface area contributed by atoms with Crippen LogP contribution < -0.4 is 4.74 Å². The lowest BCUT2D eigenvalue weighted by molar-refractivity contribution is -0.0298. The summed E-state index contributed by atoms with van der Waals surface area (Å²) in [5.74, 6) is 0.878. The number of rotatable bonds is 9. The molecule has 4 rings (SSSR count). The summed E-state index contributed by atoms with van der Waals surface area (Å²) >= 11 is 0. The van der Waals surface area contributed by atoms with Crippen LogP contribution in [-0.4, -0.2) is 42.4 Å². The zero-order chi connectivity index (χ0) is 19.3. The second-order valence-electron chi connectivity index (χ2n) is 8.08. The van der Waals surface area contributed by atoms with E-state index in [-0.39, 0.29) is 6.10 Å². The van der Waals surface area contributed by atoms with Gasteiger partial charge in [-0.05, 0) is 60.9 Å². The van der Waals surface area contributed by atoms with Crippen LogP contribution in [0.1, 0.15) is 48.5 Å². The van der Waals surface area contributed by atoms with E-state index < -0.39 is 6.10 Å². The Kier molecular flexibility index (Phi) is 6.30. The quantitative estimate of drug-likeness (QED) is 0.710. The average molecular weight is 382 g/mol. The van der Waals surface area contributed by atoms with Crippen molar-refractivity contribution in [3.05, 3.63) is 65.2 Å². The standard InChI is InChI=1S/C24H31NO3/c1-27-22-13-9-18(10-14-22)15-25(20-11-12-20)16-21(26)17-28-24-8-4-6-19-5-2-3-7-23(19)24/h2-3,5,7,9-10,13-14,20-21,24,26H,4,6,8,11-12,15-17H2,1H3/t21-,24+/m1/s1. The Bertz CT molecular complexity index is 757. The fraction of sp³-hybridized carbons (Fsp3) is 0.500. The minimum absolute atomic E-state index is 0.121. The number of nitrogens with zero attached hydrogens (tertiary/aromatic N) is 1. The molecular weight excluding hydrogens is 350 g/mol. The molecule has 4 heteroatoms. The molecule has 0 saturated heterocycles. The molecule has 1 saturated carbocycles. The summed E-state index contributed by atoms with van der Waals surface area (Å²) in [4.78, 5) is 2.39. The minimum Gasteiger partial charge on any atom is -0.497 e. The first-order valence-electron chi connectivity index (χ1n) is 10.5. The monoisotopic (exact) mass is 381 g/mol. The van der Waals surface area contributed by atoms with E-state index in [1.54, 1.807) is 7.11 Å². The van der Waals surface area contributed by atoms with Crippen LogP contribution in [-0.2, 0) is 17.7 Å². The topological polar surface area (TPSA) is 41.9 Å². The normalized spacial score (nSPS) is 20.0. The molecule has 0 aliphatic heterocycles. The number of aliphatic hydroxyl groups is 1. The highest BCUT2D eigenvalue weighted by Gasteiger charge is 2.30. The van der Waals surface area contributed by atoms with E-state index in [2.05, 4.69) is 41.3 Å². The highest BCUT2D eigenvalue weighted by atomic mass is 16.5. The molecular formula is C24H31NO3. The molecule has 150 valence electrons. The molecule has 0 radical (unpaired) electrons. The van der Waals surface area contributed by atoms with Gasteiger partial charge in [-0.3, -0.25) is 4.90 Å². The maximum Gasteiger partial charge on any atom is 0.118 e. The fourth-order valence-corrected chi connectivity index (χ4v) is 4.18. The van der Waals surface area contributed by atoms with Crippen LogP contribution >= 0.6 is 0 Å². The van der Waals surface area contributed by atoms with Gasteiger partial charge in [-0.2, -0.15) is 0 Å². The Hall–Kier alpha value is -1.88. The van der Waals surface area contributed by atoms with E-state index >= 15 is 0 Å². The van der Waals surface area contributed by atoms with Crippen LogP contribution in [0.3, 0.4) is 0 Å². The third kappa shape index (κ3) is 4.93. The van der Waals surface area contributed by atoms with Crippen molar-refractivity contribution in [3.8, 4) is 5.75 Å². The fourth-order valence-electron chi connectivity index (χ4n) is 4.18. The van der Waals surface area contributed by atoms with Crippen LogP contribution in [0.5, 0.6) is 5.75 Å². The molecule has 0 amide bonds. The molecule has 2 aliphatic carbocycles. The van der Waals surface area contributed by atoms with Crippen molar-refractivity contribution in [2.24, 2.45) is 0 Å². The molecule has 2 aromatic rings. The van der Waals surface area contributed by atoms with Gasteiger partial charge in [-0.15, -0.1) is 0 Å². The Labute approximate surface area is 168 Å². The summed E-state index contributed by atoms with van der Waals surface area (Å²) in [6.07, 6.45) is 5.43. The van der Waals surface area contributed by atoms with E-state index in [9.17, 15) is 5.11 Å². The zero-order valence-corrected chi connectivity index (χ0v) is 16.7. The van der Waals surface area contributed by atoms with Gasteiger partial charge in [0, 0.05) is 19.1 Å². The number of hydrogen-bond acceptors (Lipinski definition) is 4. The van der Waals surface area contributed by atoms with Crippen LogP contribution in [0.2, 0.25) is 0 Å². The van der Waals surface area contributed by atoms with Crippen molar-refractivity contribution in [2.75, 3.05) is 20.3 Å². The first-order chi connectivity index (χ1) is 13.7. The van der Waals surface area contributed by atoms with Crippen LogP contribution in [0.4, 0.5) is 0 Å². The lowest BCUT2D eigenvalue weighted by Gasteiger charge is -2.29. The van der Waals surface area contributed by atoms with Gasteiger partial charge in [0.25, 0.3) is 0 Å². The summed E-state index contributed by atoms with van der Waals surface area (Å²) < 4.78 is 11.4. The average Bonchev–Trinajstić information content (AvgIpc) is 3.58. The molecule has 2 atom stereocenters. The number of hydrogen-bond donors (Lipinski definition) is 1. The Morgan fingerprint density at radius 1 is 1.07 bits per heavy atom. The van der Waals surface area contributed by atoms with E-state index in [4.69, 9.17) is 9.47 Å². The maximum absolute atomic E-state index is 10.6. The first kappa shape index (κ1) is 19.4. The molecule has 0 aromatic heterocycles. The molecule has 2 aliphatic rings. The van der Waals surface area contributed by atoms with Gasteiger partial charge in [0.2, 0.25) is 0 Å². The molecule has 1 N–H and O–H groups in total. The van der Waals surface area contributed by atoms with Gasteiger partial charge < -0.3 is 14.6 Å². The third-order valence-corrected chi connectivity index (χ3v) is 5.86. The van der Waals surface area contributed by atoms with Crippen molar-refractivity contribution < 1.29 is 14.6 Å². The van der Waals surface area contributed by atoms with E-state index in [0.717, 1.165) is 31.6 Å². The van der Waals surface area contributed by atoms with Gasteiger partial charge in [-0.1, -0.05) is 36.4 Å². The van der Waals surface area contributed by atoms with Crippen molar-refractivity contribution in [2.45, 2.75) is 56.9 Å². The van der Waals surface area contributed by atoms with E-state index in [0.29, 0.717) is 19.2 Å². The van der Waals surface area contributed by atoms with Gasteiger partial charge >= 0.3 is 0 Å². The Balaban J connectivity index is 1.31. The molecule has 2 aromatic carbocycles. The maximum atomic E-state index is 10.6. The largest absolute Gasteiger partial charge is 0.497 e. The second kappa shape index (κ2) is 9.08. The molecule has 4 nitrogen and oxygen atoms in total. The second-order valence-corrected chi connectivity index (χ2v) is 8.08. The van der Waals surface area contributed by atoms with Gasteiger partial charge in [0.05, 0.1) is 25.9 Å². The van der Waals surface area contributed by atoms with E-state index in [1.807, 2.05) is 12.1 Å². The minimum atomic E-state index is -0.465. The summed E-state index contributed by atoms with van der Waals surface area (Å²) in [6, 6.07) is 17.4. The molecule has 1 fully saturated rings. The highest BCUT2D eigenvalue weighted by molar-refractivity contribution is 5.31. The van der Waals surface area contributed by atoms with Crippen molar-refractivity contribution >= 4 is 0 Å². The number of aliphatic hydroxyl groups excluding tert-OH is 1. The molecule has 0 bridgehead atoms.